The molecule has 3 rings (SSSR count). The van der Waals surface area contributed by atoms with Gasteiger partial charge in [-0.2, -0.15) is 0 Å². The van der Waals surface area contributed by atoms with Crippen molar-refractivity contribution in [2.24, 2.45) is 0 Å². The van der Waals surface area contributed by atoms with Crippen LogP contribution in [0.5, 0.6) is 0 Å². The first kappa shape index (κ1) is 12.2. The molecule has 2 aromatic carbocycles. The molecule has 0 spiro atoms. The number of hydrogen-bond acceptors (Lipinski definition) is 1. The quantitative estimate of drug-likeness (QED) is 0.595. The lowest BCUT2D eigenvalue weighted by Crippen LogP contribution is -1.84. The molecule has 0 N–H and O–H groups in total. The summed E-state index contributed by atoms with van der Waals surface area (Å²) in [6, 6.07) is 24.2. The van der Waals surface area contributed by atoms with Crippen molar-refractivity contribution in [3.05, 3.63) is 90.3 Å². The van der Waals surface area contributed by atoms with E-state index >= 15 is 0 Å². The number of benzene rings is 2. The summed E-state index contributed by atoms with van der Waals surface area (Å²) in [6.45, 7) is 0. The summed E-state index contributed by atoms with van der Waals surface area (Å²) in [4.78, 5) is 4.40. The Bertz CT molecular complexity index is 733. The maximum Gasteiger partial charge on any atom is 0.113 e. The largest absolute Gasteiger partial charge is 0.247 e. The zero-order chi connectivity index (χ0) is 13.6. The molecule has 1 nitrogen and oxygen atoms in total. The molecule has 0 aliphatic rings. The summed E-state index contributed by atoms with van der Waals surface area (Å²) < 4.78 is 0. The lowest BCUT2D eigenvalue weighted by Gasteiger charge is -2.00. The average molecular weight is 255 g/mol. The van der Waals surface area contributed by atoms with Crippen molar-refractivity contribution in [2.75, 3.05) is 0 Å². The molecule has 0 atom stereocenters. The first-order valence-corrected chi connectivity index (χ1v) is 6.50. The molecule has 1 heteroatoms. The van der Waals surface area contributed by atoms with E-state index in [-0.39, 0.29) is 0 Å². The van der Waals surface area contributed by atoms with Crippen LogP contribution in [0.2, 0.25) is 0 Å². The highest BCUT2D eigenvalue weighted by molar-refractivity contribution is 5.62. The lowest BCUT2D eigenvalue weighted by molar-refractivity contribution is 1.29. The highest BCUT2D eigenvalue weighted by Crippen LogP contribution is 2.17. The number of pyridine rings is 1. The summed E-state index contributed by atoms with van der Waals surface area (Å²) >= 11 is 0. The summed E-state index contributed by atoms with van der Waals surface area (Å²) in [5, 5.41) is 0. The van der Waals surface area contributed by atoms with Gasteiger partial charge >= 0.3 is 0 Å². The van der Waals surface area contributed by atoms with E-state index in [0.717, 1.165) is 16.8 Å². The summed E-state index contributed by atoms with van der Waals surface area (Å²) in [7, 11) is 0. The third kappa shape index (κ3) is 2.93. The third-order valence-electron chi connectivity index (χ3n) is 2.98. The van der Waals surface area contributed by atoms with Gasteiger partial charge in [-0.1, -0.05) is 60.5 Å². The molecule has 94 valence electrons. The molecule has 0 amide bonds. The number of rotatable bonds is 1. The maximum absolute atomic E-state index is 4.40. The van der Waals surface area contributed by atoms with Gasteiger partial charge in [-0.15, -0.1) is 0 Å². The molecule has 0 saturated carbocycles. The van der Waals surface area contributed by atoms with Crippen molar-refractivity contribution >= 4 is 0 Å². The SMILES string of the molecule is C(#Cc1ccc(-c2ccccc2)cn1)c1ccccc1. The van der Waals surface area contributed by atoms with E-state index in [1.165, 1.54) is 5.56 Å². The van der Waals surface area contributed by atoms with Crippen LogP contribution >= 0.6 is 0 Å². The Morgan fingerprint density at radius 2 is 1.30 bits per heavy atom. The standard InChI is InChI=1S/C19H13N/c1-3-7-16(8-4-1)11-13-19-14-12-18(15-20-19)17-9-5-2-6-10-17/h1-10,12,14-15H. The van der Waals surface area contributed by atoms with E-state index in [4.69, 9.17) is 0 Å². The van der Waals surface area contributed by atoms with Gasteiger partial charge in [0.1, 0.15) is 5.69 Å². The van der Waals surface area contributed by atoms with E-state index in [1.54, 1.807) is 0 Å². The highest BCUT2D eigenvalue weighted by atomic mass is 14.7. The van der Waals surface area contributed by atoms with Crippen LogP contribution in [0.4, 0.5) is 0 Å². The van der Waals surface area contributed by atoms with Gasteiger partial charge in [-0.25, -0.2) is 4.98 Å². The van der Waals surface area contributed by atoms with E-state index in [0.29, 0.717) is 0 Å². The predicted octanol–water partition coefficient (Wildman–Crippen LogP) is 4.15. The summed E-state index contributed by atoms with van der Waals surface area (Å²) in [5.41, 5.74) is 4.06. The zero-order valence-corrected chi connectivity index (χ0v) is 11.0. The van der Waals surface area contributed by atoms with Crippen LogP contribution in [0.15, 0.2) is 79.0 Å². The highest BCUT2D eigenvalue weighted by Gasteiger charge is 1.96. The zero-order valence-electron chi connectivity index (χ0n) is 11.0. The van der Waals surface area contributed by atoms with Crippen molar-refractivity contribution in [3.8, 4) is 23.0 Å². The normalized spacial score (nSPS) is 9.60. The Kier molecular flexibility index (Phi) is 3.57. The molecular weight excluding hydrogens is 242 g/mol. The molecule has 1 heterocycles. The predicted molar refractivity (Wildman–Crippen MR) is 82.1 cm³/mol. The van der Waals surface area contributed by atoms with E-state index in [2.05, 4.69) is 35.0 Å². The van der Waals surface area contributed by atoms with Gasteiger partial charge < -0.3 is 0 Å². The van der Waals surface area contributed by atoms with Gasteiger partial charge in [0.2, 0.25) is 0 Å². The fraction of sp³-hybridized carbons (Fsp3) is 0. The van der Waals surface area contributed by atoms with Crippen molar-refractivity contribution in [3.63, 3.8) is 0 Å². The fourth-order valence-electron chi connectivity index (χ4n) is 1.93. The molecule has 0 aliphatic heterocycles. The Morgan fingerprint density at radius 1 is 0.600 bits per heavy atom. The van der Waals surface area contributed by atoms with Gasteiger partial charge in [0.05, 0.1) is 0 Å². The van der Waals surface area contributed by atoms with Crippen LogP contribution < -0.4 is 0 Å². The van der Waals surface area contributed by atoms with Gasteiger partial charge in [0.15, 0.2) is 0 Å². The van der Waals surface area contributed by atoms with Gasteiger partial charge in [-0.05, 0) is 29.7 Å². The molecule has 0 saturated heterocycles. The molecule has 0 fully saturated rings. The van der Waals surface area contributed by atoms with Gasteiger partial charge in [0.25, 0.3) is 0 Å². The third-order valence-corrected chi connectivity index (χ3v) is 2.98. The Balaban J connectivity index is 1.83. The molecule has 0 bridgehead atoms. The minimum Gasteiger partial charge on any atom is -0.247 e. The molecule has 0 unspecified atom stereocenters. The Labute approximate surface area is 118 Å². The second kappa shape index (κ2) is 5.86. The van der Waals surface area contributed by atoms with Crippen LogP contribution in [0.3, 0.4) is 0 Å². The van der Waals surface area contributed by atoms with Crippen LogP contribution in [0.1, 0.15) is 11.3 Å². The van der Waals surface area contributed by atoms with Crippen molar-refractivity contribution < 1.29 is 0 Å². The van der Waals surface area contributed by atoms with Crippen LogP contribution in [0, 0.1) is 11.8 Å². The summed E-state index contributed by atoms with van der Waals surface area (Å²) in [5.74, 6) is 6.19. The van der Waals surface area contributed by atoms with Crippen LogP contribution in [-0.2, 0) is 0 Å². The second-order valence-corrected chi connectivity index (χ2v) is 4.41. The van der Waals surface area contributed by atoms with E-state index in [9.17, 15) is 0 Å². The molecule has 0 radical (unpaired) electrons. The molecule has 20 heavy (non-hydrogen) atoms. The number of nitrogens with zero attached hydrogens (tertiary/aromatic N) is 1. The van der Waals surface area contributed by atoms with Crippen molar-refractivity contribution in [1.82, 2.24) is 4.98 Å². The summed E-state index contributed by atoms with van der Waals surface area (Å²) in [6.07, 6.45) is 1.87. The lowest BCUT2D eigenvalue weighted by atomic mass is 10.1. The van der Waals surface area contributed by atoms with Crippen LogP contribution in [-0.4, -0.2) is 4.98 Å². The minimum absolute atomic E-state index is 0.786. The first-order chi connectivity index (χ1) is 9.92. The Morgan fingerprint density at radius 3 is 1.95 bits per heavy atom. The number of aromatic nitrogens is 1. The monoisotopic (exact) mass is 255 g/mol. The maximum atomic E-state index is 4.40. The minimum atomic E-state index is 0.786. The van der Waals surface area contributed by atoms with Gasteiger partial charge in [-0.3, -0.25) is 0 Å². The first-order valence-electron chi connectivity index (χ1n) is 6.50. The van der Waals surface area contributed by atoms with Gasteiger partial charge in [0, 0.05) is 17.3 Å². The molecular formula is C19H13N. The van der Waals surface area contributed by atoms with E-state index < -0.39 is 0 Å². The topological polar surface area (TPSA) is 12.9 Å². The van der Waals surface area contributed by atoms with Crippen molar-refractivity contribution in [2.45, 2.75) is 0 Å². The number of hydrogen-bond donors (Lipinski definition) is 0. The Hall–Kier alpha value is -2.85. The second-order valence-electron chi connectivity index (χ2n) is 4.41. The average Bonchev–Trinajstić information content (AvgIpc) is 2.55. The van der Waals surface area contributed by atoms with Crippen LogP contribution in [0.25, 0.3) is 11.1 Å². The molecule has 0 aliphatic carbocycles. The van der Waals surface area contributed by atoms with E-state index in [1.807, 2.05) is 60.8 Å². The molecule has 1 aromatic heterocycles. The fourth-order valence-corrected chi connectivity index (χ4v) is 1.93. The van der Waals surface area contributed by atoms with Crippen molar-refractivity contribution in [1.29, 1.82) is 0 Å². The molecule has 3 aromatic rings. The smallest absolute Gasteiger partial charge is 0.113 e.